The molecule has 2 N–H and O–H groups in total. The molecule has 0 spiro atoms. The van der Waals surface area contributed by atoms with Gasteiger partial charge in [-0.15, -0.1) is 0 Å². The van der Waals surface area contributed by atoms with Gasteiger partial charge in [-0.25, -0.2) is 0 Å². The Kier molecular flexibility index (Phi) is 7.38. The zero-order chi connectivity index (χ0) is 21.7. The topological polar surface area (TPSA) is 51.6 Å². The van der Waals surface area contributed by atoms with Crippen LogP contribution < -0.4 is 10.2 Å². The third-order valence-corrected chi connectivity index (χ3v) is 5.95. The maximum atomic E-state index is 13.1. The van der Waals surface area contributed by atoms with E-state index in [4.69, 9.17) is 4.42 Å². The van der Waals surface area contributed by atoms with Crippen LogP contribution in [0.3, 0.4) is 0 Å². The molecule has 2 aromatic heterocycles. The van der Waals surface area contributed by atoms with Crippen LogP contribution in [-0.4, -0.2) is 36.2 Å². The smallest absolute Gasteiger partial charge is 0.268 e. The van der Waals surface area contributed by atoms with Gasteiger partial charge in [0.15, 0.2) is 5.58 Å². The molecular weight excluding hydrogens is 374 g/mol. The van der Waals surface area contributed by atoms with E-state index in [1.54, 1.807) is 4.90 Å². The summed E-state index contributed by atoms with van der Waals surface area (Å²) >= 11 is 0. The Morgan fingerprint density at radius 3 is 2.50 bits per heavy atom. The Hall–Kier alpha value is -2.53. The van der Waals surface area contributed by atoms with Crippen molar-refractivity contribution in [3.63, 3.8) is 0 Å². The van der Waals surface area contributed by atoms with Crippen LogP contribution in [0.1, 0.15) is 61.0 Å². The summed E-state index contributed by atoms with van der Waals surface area (Å²) in [5.41, 5.74) is 4.79. The number of carbonyl (C=O) groups excluding carboxylic acids is 1. The lowest BCUT2D eigenvalue weighted by atomic mass is 10.1. The predicted octanol–water partition coefficient (Wildman–Crippen LogP) is 3.72. The summed E-state index contributed by atoms with van der Waals surface area (Å²) in [7, 11) is 0. The van der Waals surface area contributed by atoms with Crippen molar-refractivity contribution >= 4 is 17.0 Å². The summed E-state index contributed by atoms with van der Waals surface area (Å²) < 4.78 is 7.88. The van der Waals surface area contributed by atoms with Gasteiger partial charge in [-0.05, 0) is 53.0 Å². The summed E-state index contributed by atoms with van der Waals surface area (Å²) in [5, 5.41) is 3.20. The lowest BCUT2D eigenvalue weighted by Crippen LogP contribution is -3.11. The van der Waals surface area contributed by atoms with Crippen LogP contribution in [0.25, 0.3) is 11.1 Å². The quantitative estimate of drug-likeness (QED) is 0.535. The standard InChI is InChI=1S/C25H35N3O2/c1-6-27(7-2)14-8-9-19(4)26-25(29)23-16-24-22(15-20(5)30-24)28(23)17-21-12-10-18(3)11-13-21/h10-13,15-16,19H,6-9,14,17H2,1-5H3,(H,26,29)/p+1/t19-/m0/s1. The number of hydrogen-bond donors (Lipinski definition) is 2. The third-order valence-electron chi connectivity index (χ3n) is 5.95. The maximum absolute atomic E-state index is 13.1. The molecule has 30 heavy (non-hydrogen) atoms. The van der Waals surface area contributed by atoms with Crippen LogP contribution in [0.4, 0.5) is 0 Å². The number of benzene rings is 1. The van der Waals surface area contributed by atoms with Crippen LogP contribution in [0.2, 0.25) is 0 Å². The fourth-order valence-corrected chi connectivity index (χ4v) is 4.03. The van der Waals surface area contributed by atoms with Gasteiger partial charge in [-0.1, -0.05) is 29.8 Å². The van der Waals surface area contributed by atoms with Crippen molar-refractivity contribution in [1.82, 2.24) is 9.88 Å². The van der Waals surface area contributed by atoms with Gasteiger partial charge in [0, 0.05) is 24.7 Å². The zero-order valence-electron chi connectivity index (χ0n) is 19.0. The van der Waals surface area contributed by atoms with Crippen molar-refractivity contribution in [2.24, 2.45) is 0 Å². The van der Waals surface area contributed by atoms with Crippen LogP contribution in [0, 0.1) is 13.8 Å². The largest absolute Gasteiger partial charge is 0.460 e. The molecule has 0 saturated heterocycles. The molecule has 0 unspecified atom stereocenters. The maximum Gasteiger partial charge on any atom is 0.268 e. The second-order valence-corrected chi connectivity index (χ2v) is 8.43. The number of quaternary nitrogens is 1. The molecule has 1 atom stereocenters. The van der Waals surface area contributed by atoms with Crippen molar-refractivity contribution in [2.45, 2.75) is 60.0 Å². The van der Waals surface area contributed by atoms with Gasteiger partial charge < -0.3 is 19.2 Å². The van der Waals surface area contributed by atoms with Crippen LogP contribution in [0.15, 0.2) is 40.8 Å². The van der Waals surface area contributed by atoms with E-state index in [-0.39, 0.29) is 11.9 Å². The first-order chi connectivity index (χ1) is 14.4. The summed E-state index contributed by atoms with van der Waals surface area (Å²) in [6.45, 7) is 14.7. The molecule has 0 fully saturated rings. The van der Waals surface area contributed by atoms with Crippen molar-refractivity contribution in [3.8, 4) is 0 Å². The summed E-state index contributed by atoms with van der Waals surface area (Å²) in [6.07, 6.45) is 2.10. The van der Waals surface area contributed by atoms with Crippen molar-refractivity contribution < 1.29 is 14.1 Å². The van der Waals surface area contributed by atoms with Gasteiger partial charge in [-0.3, -0.25) is 4.79 Å². The number of furan rings is 1. The SMILES string of the molecule is CC[NH+](CC)CCC[C@H](C)NC(=O)c1cc2oc(C)cc2n1Cc1ccc(C)cc1. The van der Waals surface area contributed by atoms with E-state index in [1.807, 2.05) is 19.1 Å². The lowest BCUT2D eigenvalue weighted by Gasteiger charge is -2.18. The van der Waals surface area contributed by atoms with Crippen molar-refractivity contribution in [2.75, 3.05) is 19.6 Å². The molecule has 2 heterocycles. The van der Waals surface area contributed by atoms with Crippen molar-refractivity contribution in [1.29, 1.82) is 0 Å². The minimum Gasteiger partial charge on any atom is -0.460 e. The minimum atomic E-state index is -0.0335. The Bertz CT molecular complexity index is 964. The average molecular weight is 411 g/mol. The molecule has 5 nitrogen and oxygen atoms in total. The van der Waals surface area contributed by atoms with Crippen LogP contribution in [-0.2, 0) is 6.54 Å². The van der Waals surface area contributed by atoms with Gasteiger partial charge in [0.2, 0.25) is 0 Å². The third kappa shape index (κ3) is 5.33. The number of aryl methyl sites for hydroxylation is 2. The molecule has 5 heteroatoms. The Labute approximate surface area is 180 Å². The van der Waals surface area contributed by atoms with E-state index in [2.05, 4.69) is 61.8 Å². The van der Waals surface area contributed by atoms with Gasteiger partial charge in [0.25, 0.3) is 5.91 Å². The lowest BCUT2D eigenvalue weighted by molar-refractivity contribution is -0.896. The Morgan fingerprint density at radius 2 is 1.83 bits per heavy atom. The first-order valence-electron chi connectivity index (χ1n) is 11.2. The zero-order valence-corrected chi connectivity index (χ0v) is 19.0. The summed E-state index contributed by atoms with van der Waals surface area (Å²) in [4.78, 5) is 14.7. The second-order valence-electron chi connectivity index (χ2n) is 8.43. The minimum absolute atomic E-state index is 0.0335. The first-order valence-corrected chi connectivity index (χ1v) is 11.2. The van der Waals surface area contributed by atoms with Crippen molar-refractivity contribution in [3.05, 3.63) is 59.0 Å². The fraction of sp³-hybridized carbons (Fsp3) is 0.480. The van der Waals surface area contributed by atoms with E-state index < -0.39 is 0 Å². The molecule has 0 saturated carbocycles. The monoisotopic (exact) mass is 410 g/mol. The summed E-state index contributed by atoms with van der Waals surface area (Å²) in [5.74, 6) is 0.825. The van der Waals surface area contributed by atoms with E-state index in [0.717, 1.165) is 49.3 Å². The number of amides is 1. The highest BCUT2D eigenvalue weighted by atomic mass is 16.3. The van der Waals surface area contributed by atoms with E-state index in [1.165, 1.54) is 11.1 Å². The molecule has 0 aliphatic rings. The van der Waals surface area contributed by atoms with E-state index >= 15 is 0 Å². The highest BCUT2D eigenvalue weighted by molar-refractivity contribution is 5.97. The number of nitrogens with one attached hydrogen (secondary N) is 2. The fourth-order valence-electron chi connectivity index (χ4n) is 4.03. The second kappa shape index (κ2) is 9.98. The molecule has 0 radical (unpaired) electrons. The Balaban J connectivity index is 1.73. The molecule has 3 rings (SSSR count). The molecule has 3 aromatic rings. The average Bonchev–Trinajstić information content (AvgIpc) is 3.24. The number of fused-ring (bicyclic) bond motifs is 1. The van der Waals surface area contributed by atoms with Gasteiger partial charge in [0.1, 0.15) is 11.5 Å². The number of aromatic nitrogens is 1. The molecule has 0 aliphatic carbocycles. The Morgan fingerprint density at radius 1 is 1.13 bits per heavy atom. The first kappa shape index (κ1) is 22.2. The molecule has 1 amide bonds. The van der Waals surface area contributed by atoms with Gasteiger partial charge in [0.05, 0.1) is 25.2 Å². The molecule has 0 aliphatic heterocycles. The summed E-state index contributed by atoms with van der Waals surface area (Å²) in [6, 6.07) is 12.5. The van der Waals surface area contributed by atoms with Gasteiger partial charge in [-0.2, -0.15) is 0 Å². The number of hydrogen-bond acceptors (Lipinski definition) is 2. The van der Waals surface area contributed by atoms with E-state index in [9.17, 15) is 4.79 Å². The number of rotatable bonds is 10. The normalized spacial score (nSPS) is 12.6. The molecule has 1 aromatic carbocycles. The van der Waals surface area contributed by atoms with Crippen LogP contribution >= 0.6 is 0 Å². The number of carbonyl (C=O) groups is 1. The van der Waals surface area contributed by atoms with Gasteiger partial charge >= 0.3 is 0 Å². The predicted molar refractivity (Wildman–Crippen MR) is 122 cm³/mol. The number of nitrogens with zero attached hydrogens (tertiary/aromatic N) is 1. The molecular formula is C25H36N3O2+. The van der Waals surface area contributed by atoms with E-state index in [0.29, 0.717) is 12.2 Å². The molecule has 162 valence electrons. The molecule has 0 bridgehead atoms. The highest BCUT2D eigenvalue weighted by Crippen LogP contribution is 2.25. The van der Waals surface area contributed by atoms with Crippen LogP contribution in [0.5, 0.6) is 0 Å². The highest BCUT2D eigenvalue weighted by Gasteiger charge is 2.20.